The molecule has 0 atom stereocenters. The third-order valence-corrected chi connectivity index (χ3v) is 5.04. The maximum absolute atomic E-state index is 13.0. The number of ether oxygens (including phenoxy) is 1. The Balaban J connectivity index is 1.67. The van der Waals surface area contributed by atoms with E-state index in [9.17, 15) is 4.79 Å². The van der Waals surface area contributed by atoms with Crippen molar-refractivity contribution < 1.29 is 9.53 Å². The van der Waals surface area contributed by atoms with E-state index in [0.717, 1.165) is 21.7 Å². The average Bonchev–Trinajstić information content (AvgIpc) is 3.36. The van der Waals surface area contributed by atoms with E-state index in [-0.39, 0.29) is 12.5 Å². The molecule has 1 aromatic carbocycles. The van der Waals surface area contributed by atoms with Crippen LogP contribution in [0.1, 0.15) is 12.6 Å². The van der Waals surface area contributed by atoms with Gasteiger partial charge in [0, 0.05) is 6.20 Å². The number of carbonyl (C=O) groups excluding carboxylic acids is 1. The maximum atomic E-state index is 13.0. The van der Waals surface area contributed by atoms with Crippen molar-refractivity contribution in [1.29, 1.82) is 0 Å². The van der Waals surface area contributed by atoms with Crippen LogP contribution in [0.5, 0.6) is 5.75 Å². The number of anilines is 1. The molecule has 0 aliphatic carbocycles. The Morgan fingerprint density at radius 2 is 2.21 bits per heavy atom. The van der Waals surface area contributed by atoms with E-state index >= 15 is 0 Å². The summed E-state index contributed by atoms with van der Waals surface area (Å²) in [6.45, 7) is 2.94. The van der Waals surface area contributed by atoms with E-state index in [1.165, 1.54) is 28.7 Å². The van der Waals surface area contributed by atoms with Crippen LogP contribution in [0.2, 0.25) is 0 Å². The van der Waals surface area contributed by atoms with Crippen molar-refractivity contribution in [2.75, 3.05) is 11.5 Å². The van der Waals surface area contributed by atoms with Crippen LogP contribution in [0.4, 0.5) is 5.13 Å². The molecule has 28 heavy (non-hydrogen) atoms. The summed E-state index contributed by atoms with van der Waals surface area (Å²) in [6, 6.07) is 11.4. The minimum Gasteiger partial charge on any atom is -0.494 e. The van der Waals surface area contributed by atoms with Crippen LogP contribution in [0.3, 0.4) is 0 Å². The zero-order chi connectivity index (χ0) is 19.3. The van der Waals surface area contributed by atoms with Crippen molar-refractivity contribution >= 4 is 32.6 Å². The maximum Gasteiger partial charge on any atom is 0.250 e. The molecule has 0 fully saturated rings. The Bertz CT molecular complexity index is 1060. The second-order valence-electron chi connectivity index (χ2n) is 5.95. The highest BCUT2D eigenvalue weighted by Crippen LogP contribution is 2.32. The Hall–Kier alpha value is -3.33. The number of carbonyl (C=O) groups is 1. The van der Waals surface area contributed by atoms with Crippen LogP contribution < -0.4 is 9.64 Å². The number of thiazole rings is 1. The van der Waals surface area contributed by atoms with Gasteiger partial charge in [-0.05, 0) is 37.3 Å². The number of hydrogen-bond acceptors (Lipinski definition) is 7. The van der Waals surface area contributed by atoms with Gasteiger partial charge in [0.1, 0.15) is 24.9 Å². The highest BCUT2D eigenvalue weighted by atomic mass is 32.1. The summed E-state index contributed by atoms with van der Waals surface area (Å²) in [6.07, 6.45) is 4.63. The molecule has 1 amide bonds. The summed E-state index contributed by atoms with van der Waals surface area (Å²) in [5, 5.41) is 4.63. The van der Waals surface area contributed by atoms with Crippen LogP contribution in [-0.2, 0) is 17.9 Å². The average molecular weight is 394 g/mol. The normalized spacial score (nSPS) is 10.9. The van der Waals surface area contributed by atoms with Crippen molar-refractivity contribution in [2.24, 2.45) is 0 Å². The number of benzene rings is 1. The van der Waals surface area contributed by atoms with E-state index in [2.05, 4.69) is 20.1 Å². The number of nitrogens with zero attached hydrogens (tertiary/aromatic N) is 6. The lowest BCUT2D eigenvalue weighted by Crippen LogP contribution is -2.33. The Kier molecular flexibility index (Phi) is 5.24. The number of fused-ring (bicyclic) bond motifs is 1. The largest absolute Gasteiger partial charge is 0.494 e. The number of amides is 1. The van der Waals surface area contributed by atoms with Crippen LogP contribution in [0, 0.1) is 0 Å². The molecule has 0 aliphatic heterocycles. The van der Waals surface area contributed by atoms with Crippen molar-refractivity contribution in [2.45, 2.75) is 20.0 Å². The second kappa shape index (κ2) is 8.13. The second-order valence-corrected chi connectivity index (χ2v) is 6.96. The standard InChI is InChI=1S/C19H18N6O2S/c1-2-27-15-6-7-16-17(9-15)28-19(23-16)25(10-14-5-3-4-8-21-14)18(26)11-24-13-20-12-22-24/h3-9,12-13H,2,10-11H2,1H3. The van der Waals surface area contributed by atoms with Gasteiger partial charge >= 0.3 is 0 Å². The molecule has 8 nitrogen and oxygen atoms in total. The molecule has 4 aromatic rings. The first-order valence-corrected chi connectivity index (χ1v) is 9.60. The van der Waals surface area contributed by atoms with E-state index < -0.39 is 0 Å². The Morgan fingerprint density at radius 1 is 1.29 bits per heavy atom. The minimum absolute atomic E-state index is 0.0763. The number of aromatic nitrogens is 5. The first-order valence-electron chi connectivity index (χ1n) is 8.79. The molecule has 0 spiro atoms. The molecule has 0 saturated carbocycles. The first kappa shape index (κ1) is 18.1. The van der Waals surface area contributed by atoms with E-state index in [0.29, 0.717) is 18.3 Å². The van der Waals surface area contributed by atoms with Crippen LogP contribution in [0.25, 0.3) is 10.2 Å². The molecule has 0 bridgehead atoms. The van der Waals surface area contributed by atoms with Crippen molar-refractivity contribution in [1.82, 2.24) is 24.7 Å². The van der Waals surface area contributed by atoms with Gasteiger partial charge in [0.05, 0.1) is 29.1 Å². The lowest BCUT2D eigenvalue weighted by Gasteiger charge is -2.19. The Morgan fingerprint density at radius 3 is 2.96 bits per heavy atom. The summed E-state index contributed by atoms with van der Waals surface area (Å²) in [7, 11) is 0. The molecule has 142 valence electrons. The molecular formula is C19H18N6O2S. The molecule has 0 saturated heterocycles. The Labute approximate surface area is 165 Å². The summed E-state index contributed by atoms with van der Waals surface area (Å²) >= 11 is 1.45. The third kappa shape index (κ3) is 3.99. The first-order chi connectivity index (χ1) is 13.7. The summed E-state index contributed by atoms with van der Waals surface area (Å²) in [5.74, 6) is 0.649. The predicted octanol–water partition coefficient (Wildman–Crippen LogP) is 2.91. The minimum atomic E-state index is -0.139. The lowest BCUT2D eigenvalue weighted by molar-refractivity contribution is -0.119. The monoisotopic (exact) mass is 394 g/mol. The van der Waals surface area contributed by atoms with E-state index in [1.807, 2.05) is 43.3 Å². The fraction of sp³-hybridized carbons (Fsp3) is 0.211. The zero-order valence-electron chi connectivity index (χ0n) is 15.2. The predicted molar refractivity (Wildman–Crippen MR) is 106 cm³/mol. The number of pyridine rings is 1. The van der Waals surface area contributed by atoms with Crippen LogP contribution in [0.15, 0.2) is 55.2 Å². The molecule has 3 heterocycles. The molecule has 4 rings (SSSR count). The molecule has 0 unspecified atom stereocenters. The highest BCUT2D eigenvalue weighted by molar-refractivity contribution is 7.22. The number of hydrogen-bond donors (Lipinski definition) is 0. The van der Waals surface area contributed by atoms with Gasteiger partial charge < -0.3 is 4.74 Å². The molecule has 9 heteroatoms. The van der Waals surface area contributed by atoms with Gasteiger partial charge in [0.25, 0.3) is 5.91 Å². The molecule has 3 aromatic heterocycles. The van der Waals surface area contributed by atoms with Crippen LogP contribution >= 0.6 is 11.3 Å². The van der Waals surface area contributed by atoms with Gasteiger partial charge in [-0.3, -0.25) is 14.7 Å². The fourth-order valence-corrected chi connectivity index (χ4v) is 3.73. The van der Waals surface area contributed by atoms with Gasteiger partial charge in [-0.1, -0.05) is 17.4 Å². The van der Waals surface area contributed by atoms with Gasteiger partial charge in [-0.15, -0.1) is 0 Å². The summed E-state index contributed by atoms with van der Waals surface area (Å²) in [5.41, 5.74) is 1.60. The van der Waals surface area contributed by atoms with Crippen LogP contribution in [-0.4, -0.2) is 37.2 Å². The fourth-order valence-electron chi connectivity index (χ4n) is 2.72. The van der Waals surface area contributed by atoms with Crippen molar-refractivity contribution in [3.63, 3.8) is 0 Å². The van der Waals surface area contributed by atoms with E-state index in [1.54, 1.807) is 11.1 Å². The van der Waals surface area contributed by atoms with Gasteiger partial charge in [-0.25, -0.2) is 14.6 Å². The van der Waals surface area contributed by atoms with Gasteiger partial charge in [0.15, 0.2) is 5.13 Å². The topological polar surface area (TPSA) is 86.0 Å². The third-order valence-electron chi connectivity index (χ3n) is 4.00. The zero-order valence-corrected chi connectivity index (χ0v) is 16.0. The molecular weight excluding hydrogens is 376 g/mol. The summed E-state index contributed by atoms with van der Waals surface area (Å²) in [4.78, 5) is 27.5. The SMILES string of the molecule is CCOc1ccc2nc(N(Cc3ccccn3)C(=O)Cn3cncn3)sc2c1. The lowest BCUT2D eigenvalue weighted by atomic mass is 10.3. The quantitative estimate of drug-likeness (QED) is 0.479. The molecule has 0 aliphatic rings. The van der Waals surface area contributed by atoms with Crippen molar-refractivity contribution in [3.8, 4) is 5.75 Å². The van der Waals surface area contributed by atoms with E-state index in [4.69, 9.17) is 4.74 Å². The highest BCUT2D eigenvalue weighted by Gasteiger charge is 2.21. The molecule has 0 radical (unpaired) electrons. The smallest absolute Gasteiger partial charge is 0.250 e. The molecule has 0 N–H and O–H groups in total. The number of rotatable bonds is 7. The summed E-state index contributed by atoms with van der Waals surface area (Å²) < 4.78 is 8.02. The van der Waals surface area contributed by atoms with Gasteiger partial charge in [0.2, 0.25) is 0 Å². The van der Waals surface area contributed by atoms with Gasteiger partial charge in [-0.2, -0.15) is 5.10 Å². The van der Waals surface area contributed by atoms with Crippen molar-refractivity contribution in [3.05, 3.63) is 60.9 Å².